The molecule has 62 heavy (non-hydrogen) atoms. The van der Waals surface area contributed by atoms with Crippen molar-refractivity contribution < 1.29 is 0 Å². The average Bonchev–Trinajstić information content (AvgIpc) is 4.08. The van der Waals surface area contributed by atoms with Crippen LogP contribution in [-0.4, -0.2) is 27.9 Å². The van der Waals surface area contributed by atoms with E-state index in [4.69, 9.17) is 9.97 Å². The Morgan fingerprint density at radius 2 is 0.839 bits per heavy atom. The summed E-state index contributed by atoms with van der Waals surface area (Å²) in [5.74, 6) is 1.78. The molecule has 1 aliphatic rings. The minimum atomic E-state index is 0.888. The molecule has 0 fully saturated rings. The fourth-order valence-corrected chi connectivity index (χ4v) is 9.61. The van der Waals surface area contributed by atoms with Gasteiger partial charge in [-0.15, -0.1) is 0 Å². The molecule has 0 bridgehead atoms. The second kappa shape index (κ2) is 13.7. The quantitative estimate of drug-likeness (QED) is 0.168. The van der Waals surface area contributed by atoms with Gasteiger partial charge in [0, 0.05) is 11.4 Å². The standard InChI is InChI=1S/C56H38N6/c1-3-12-37(13-4-1)39-22-24-41(25-23-39)42-16-11-17-46(34-42)60-52-33-29-44(36-54(52)62-50-21-10-8-19-48(50)58-56(60)62)43-28-32-51-53(35-43)61-49-20-9-7-18-47(49)57-55(61)59(51)45-30-26-40(27-31-45)38-14-5-2-6-15-38/h2-3,5-36H,1,4H2. The molecule has 4 aromatic heterocycles. The summed E-state index contributed by atoms with van der Waals surface area (Å²) in [5.41, 5.74) is 20.2. The van der Waals surface area contributed by atoms with Crippen LogP contribution in [0.25, 0.3) is 106 Å². The van der Waals surface area contributed by atoms with Gasteiger partial charge in [0.25, 0.3) is 0 Å². The largest absolute Gasteiger partial charge is 0.278 e. The monoisotopic (exact) mass is 794 g/mol. The Bertz CT molecular complexity index is 3780. The highest BCUT2D eigenvalue weighted by Crippen LogP contribution is 2.37. The Hall–Kier alpha value is -8.22. The normalized spacial score (nSPS) is 13.1. The summed E-state index contributed by atoms with van der Waals surface area (Å²) in [6, 6.07) is 67.6. The molecule has 12 aromatic rings. The lowest BCUT2D eigenvalue weighted by atomic mass is 9.97. The third kappa shape index (κ3) is 5.36. The molecule has 0 N–H and O–H groups in total. The van der Waals surface area contributed by atoms with E-state index in [9.17, 15) is 0 Å². The first-order valence-electron chi connectivity index (χ1n) is 21.3. The van der Waals surface area contributed by atoms with Crippen LogP contribution in [0.2, 0.25) is 0 Å². The SMILES string of the molecule is C1=CC(c2ccc(-c3cccc(-n4c5ccc(-c6ccc7c(c6)n6c8ccccc8nc6n7-c6ccc(-c7ccccc7)cc6)cc5n5c6ccccc6nc45)c3)cc2)=CCC1. The van der Waals surface area contributed by atoms with Gasteiger partial charge in [0.2, 0.25) is 11.6 Å². The highest BCUT2D eigenvalue weighted by atomic mass is 15.2. The third-order valence-electron chi connectivity index (χ3n) is 12.6. The van der Waals surface area contributed by atoms with Crippen molar-refractivity contribution in [1.29, 1.82) is 0 Å². The van der Waals surface area contributed by atoms with Crippen molar-refractivity contribution in [3.8, 4) is 44.8 Å². The van der Waals surface area contributed by atoms with E-state index in [1.807, 2.05) is 0 Å². The van der Waals surface area contributed by atoms with E-state index in [0.717, 1.165) is 91.0 Å². The van der Waals surface area contributed by atoms with E-state index in [-0.39, 0.29) is 0 Å². The number of nitrogens with zero attached hydrogens (tertiary/aromatic N) is 6. The highest BCUT2D eigenvalue weighted by Gasteiger charge is 2.21. The zero-order valence-corrected chi connectivity index (χ0v) is 33.7. The summed E-state index contributed by atoms with van der Waals surface area (Å²) in [7, 11) is 0. The average molecular weight is 795 g/mol. The van der Waals surface area contributed by atoms with E-state index in [1.54, 1.807) is 0 Å². The van der Waals surface area contributed by atoms with Crippen LogP contribution >= 0.6 is 0 Å². The van der Waals surface area contributed by atoms with E-state index in [0.29, 0.717) is 0 Å². The van der Waals surface area contributed by atoms with Crippen molar-refractivity contribution in [2.24, 2.45) is 0 Å². The van der Waals surface area contributed by atoms with Gasteiger partial charge in [-0.3, -0.25) is 17.9 Å². The summed E-state index contributed by atoms with van der Waals surface area (Å²) >= 11 is 0. The maximum absolute atomic E-state index is 5.25. The number of benzene rings is 8. The van der Waals surface area contributed by atoms with Crippen LogP contribution in [0, 0.1) is 0 Å². The number of aromatic nitrogens is 6. The molecule has 0 aliphatic heterocycles. The lowest BCUT2D eigenvalue weighted by molar-refractivity contribution is 1.04. The minimum Gasteiger partial charge on any atom is -0.278 e. The summed E-state index contributed by atoms with van der Waals surface area (Å²) in [6.45, 7) is 0. The number of imidazole rings is 4. The Morgan fingerprint density at radius 3 is 1.47 bits per heavy atom. The third-order valence-corrected chi connectivity index (χ3v) is 12.6. The van der Waals surface area contributed by atoms with Crippen molar-refractivity contribution in [3.63, 3.8) is 0 Å². The van der Waals surface area contributed by atoms with Gasteiger partial charge in [0.05, 0.1) is 44.1 Å². The predicted molar refractivity (Wildman–Crippen MR) is 255 cm³/mol. The summed E-state index contributed by atoms with van der Waals surface area (Å²) in [6.07, 6.45) is 9.05. The highest BCUT2D eigenvalue weighted by molar-refractivity contribution is 5.97. The number of hydrogen-bond donors (Lipinski definition) is 0. The van der Waals surface area contributed by atoms with Gasteiger partial charge in [-0.1, -0.05) is 133 Å². The molecule has 1 aliphatic carbocycles. The van der Waals surface area contributed by atoms with Gasteiger partial charge >= 0.3 is 0 Å². The van der Waals surface area contributed by atoms with E-state index in [1.165, 1.54) is 33.4 Å². The molecule has 292 valence electrons. The topological polar surface area (TPSA) is 44.5 Å². The number of fused-ring (bicyclic) bond motifs is 10. The Morgan fingerprint density at radius 1 is 0.339 bits per heavy atom. The number of allylic oxidation sites excluding steroid dienone is 4. The molecule has 0 amide bonds. The van der Waals surface area contributed by atoms with Gasteiger partial charge in [0.15, 0.2) is 0 Å². The first-order chi connectivity index (χ1) is 30.7. The van der Waals surface area contributed by atoms with Crippen LogP contribution in [-0.2, 0) is 0 Å². The molecule has 0 saturated heterocycles. The van der Waals surface area contributed by atoms with Gasteiger partial charge in [-0.2, -0.15) is 0 Å². The first-order valence-corrected chi connectivity index (χ1v) is 21.3. The Balaban J connectivity index is 0.956. The number of hydrogen-bond acceptors (Lipinski definition) is 2. The molecule has 8 aromatic carbocycles. The minimum absolute atomic E-state index is 0.888. The Labute approximate surface area is 357 Å². The lowest BCUT2D eigenvalue weighted by Gasteiger charge is -2.11. The second-order valence-corrected chi connectivity index (χ2v) is 16.2. The van der Waals surface area contributed by atoms with Gasteiger partial charge in [-0.25, -0.2) is 9.97 Å². The zero-order chi connectivity index (χ0) is 40.7. The Kier molecular flexibility index (Phi) is 7.63. The van der Waals surface area contributed by atoms with Gasteiger partial charge in [0.1, 0.15) is 0 Å². The fourth-order valence-electron chi connectivity index (χ4n) is 9.61. The van der Waals surface area contributed by atoms with Gasteiger partial charge < -0.3 is 0 Å². The van der Waals surface area contributed by atoms with Crippen molar-refractivity contribution in [2.45, 2.75) is 12.8 Å². The predicted octanol–water partition coefficient (Wildman–Crippen LogP) is 13.9. The van der Waals surface area contributed by atoms with Crippen molar-refractivity contribution >= 4 is 61.3 Å². The molecule has 6 nitrogen and oxygen atoms in total. The number of rotatable bonds is 6. The molecular formula is C56H38N6. The molecule has 6 heteroatoms. The molecule has 0 saturated carbocycles. The second-order valence-electron chi connectivity index (χ2n) is 16.2. The van der Waals surface area contributed by atoms with E-state index < -0.39 is 0 Å². The smallest absolute Gasteiger partial charge is 0.220 e. The van der Waals surface area contributed by atoms with Crippen LogP contribution in [0.3, 0.4) is 0 Å². The fraction of sp³-hybridized carbons (Fsp3) is 0.0357. The first kappa shape index (κ1) is 34.6. The maximum Gasteiger partial charge on any atom is 0.220 e. The lowest BCUT2D eigenvalue weighted by Crippen LogP contribution is -1.96. The maximum atomic E-state index is 5.25. The van der Waals surface area contributed by atoms with E-state index in [2.05, 4.69) is 224 Å². The summed E-state index contributed by atoms with van der Waals surface area (Å²) in [5, 5.41) is 0. The zero-order valence-electron chi connectivity index (χ0n) is 33.7. The van der Waals surface area contributed by atoms with E-state index >= 15 is 0 Å². The number of para-hydroxylation sites is 4. The van der Waals surface area contributed by atoms with Crippen LogP contribution in [0.15, 0.2) is 206 Å². The van der Waals surface area contributed by atoms with Crippen molar-refractivity contribution in [1.82, 2.24) is 27.9 Å². The molecule has 0 radical (unpaired) electrons. The molecule has 0 unspecified atom stereocenters. The molecule has 0 atom stereocenters. The molecule has 0 spiro atoms. The van der Waals surface area contributed by atoms with Crippen molar-refractivity contribution in [3.05, 3.63) is 212 Å². The van der Waals surface area contributed by atoms with Crippen LogP contribution in [0.1, 0.15) is 18.4 Å². The molecule has 13 rings (SSSR count). The molecular weight excluding hydrogens is 757 g/mol. The summed E-state index contributed by atoms with van der Waals surface area (Å²) < 4.78 is 9.21. The van der Waals surface area contributed by atoms with Crippen LogP contribution in [0.4, 0.5) is 0 Å². The summed E-state index contributed by atoms with van der Waals surface area (Å²) in [4.78, 5) is 10.4. The van der Waals surface area contributed by atoms with Crippen LogP contribution in [0.5, 0.6) is 0 Å². The van der Waals surface area contributed by atoms with Gasteiger partial charge in [-0.05, 0) is 130 Å². The van der Waals surface area contributed by atoms with Crippen LogP contribution < -0.4 is 0 Å². The van der Waals surface area contributed by atoms with Crippen molar-refractivity contribution in [2.75, 3.05) is 0 Å². The molecule has 4 heterocycles.